The van der Waals surface area contributed by atoms with Crippen LogP contribution in [-0.4, -0.2) is 14.5 Å². The summed E-state index contributed by atoms with van der Waals surface area (Å²) in [6, 6.07) is 67.6. The Morgan fingerprint density at radius 3 is 1.86 bits per heavy atom. The van der Waals surface area contributed by atoms with E-state index in [1.165, 1.54) is 60.4 Å². The van der Waals surface area contributed by atoms with Gasteiger partial charge in [0, 0.05) is 38.6 Å². The molecule has 0 N–H and O–H groups in total. The van der Waals surface area contributed by atoms with Gasteiger partial charge in [-0.1, -0.05) is 159 Å². The first-order valence-electron chi connectivity index (χ1n) is 19.3. The van der Waals surface area contributed by atoms with Crippen molar-refractivity contribution in [2.45, 2.75) is 19.3 Å². The molecule has 264 valence electrons. The van der Waals surface area contributed by atoms with Crippen LogP contribution in [0.4, 0.5) is 0 Å². The molecule has 3 heteroatoms. The number of fused-ring (bicyclic) bond motifs is 7. The van der Waals surface area contributed by atoms with Crippen LogP contribution in [0.1, 0.15) is 25.0 Å². The van der Waals surface area contributed by atoms with E-state index in [1.54, 1.807) is 0 Å². The minimum atomic E-state index is -0.142. The Hall–Kier alpha value is -7.10. The lowest BCUT2D eigenvalue weighted by Crippen LogP contribution is -2.14. The van der Waals surface area contributed by atoms with Crippen molar-refractivity contribution in [2.24, 2.45) is 0 Å². The standard InChI is InChI=1S/C53H37N3/c1-53(2)45-22-13-21-43(51(45)44-30-37-16-9-10-17-38(37)31-46(44)53)48-33-47(54-52(55-48)36-14-5-3-6-15-36)35-26-24-34(25-27-35)39-28-29-42-41-20-11-12-23-49(41)56(50(42)32-39)40-18-7-4-8-19-40/h3-33H,1-2H3. The van der Waals surface area contributed by atoms with E-state index in [4.69, 9.17) is 9.97 Å². The summed E-state index contributed by atoms with van der Waals surface area (Å²) in [7, 11) is 0. The second-order valence-electron chi connectivity index (χ2n) is 15.4. The number of aromatic nitrogens is 3. The predicted octanol–water partition coefficient (Wildman–Crippen LogP) is 13.7. The van der Waals surface area contributed by atoms with Crippen LogP contribution in [0.5, 0.6) is 0 Å². The fourth-order valence-electron chi connectivity index (χ4n) is 8.97. The van der Waals surface area contributed by atoms with Crippen LogP contribution in [0.25, 0.3) is 94.4 Å². The first-order chi connectivity index (χ1) is 27.5. The minimum absolute atomic E-state index is 0.142. The van der Waals surface area contributed by atoms with Crippen LogP contribution in [0.15, 0.2) is 188 Å². The van der Waals surface area contributed by atoms with Crippen molar-refractivity contribution in [3.05, 3.63) is 199 Å². The summed E-state index contributed by atoms with van der Waals surface area (Å²) in [6.07, 6.45) is 0. The molecule has 0 unspecified atom stereocenters. The maximum Gasteiger partial charge on any atom is 0.160 e. The van der Waals surface area contributed by atoms with Crippen LogP contribution in [0.2, 0.25) is 0 Å². The van der Waals surface area contributed by atoms with Crippen molar-refractivity contribution >= 4 is 32.6 Å². The van der Waals surface area contributed by atoms with Crippen molar-refractivity contribution in [2.75, 3.05) is 0 Å². The normalized spacial score (nSPS) is 13.0. The van der Waals surface area contributed by atoms with E-state index in [0.29, 0.717) is 0 Å². The second kappa shape index (κ2) is 12.5. The highest BCUT2D eigenvalue weighted by Crippen LogP contribution is 2.53. The molecule has 0 spiro atoms. The lowest BCUT2D eigenvalue weighted by Gasteiger charge is -2.22. The van der Waals surface area contributed by atoms with Crippen LogP contribution in [0.3, 0.4) is 0 Å². The third kappa shape index (κ3) is 5.05. The summed E-state index contributed by atoms with van der Waals surface area (Å²) < 4.78 is 2.37. The summed E-state index contributed by atoms with van der Waals surface area (Å²) in [5.74, 6) is 0.718. The van der Waals surface area contributed by atoms with Crippen LogP contribution in [0, 0.1) is 0 Å². The maximum absolute atomic E-state index is 5.29. The Morgan fingerprint density at radius 2 is 1.05 bits per heavy atom. The van der Waals surface area contributed by atoms with Crippen molar-refractivity contribution < 1.29 is 0 Å². The first-order valence-corrected chi connectivity index (χ1v) is 19.3. The van der Waals surface area contributed by atoms with Gasteiger partial charge >= 0.3 is 0 Å². The molecule has 0 amide bonds. The van der Waals surface area contributed by atoms with Crippen molar-refractivity contribution in [3.8, 4) is 61.8 Å². The summed E-state index contributed by atoms with van der Waals surface area (Å²) in [5, 5.41) is 5.02. The molecular weight excluding hydrogens is 679 g/mol. The molecule has 0 bridgehead atoms. The Balaban J connectivity index is 1.04. The minimum Gasteiger partial charge on any atom is -0.309 e. The molecule has 8 aromatic carbocycles. The van der Waals surface area contributed by atoms with Gasteiger partial charge < -0.3 is 4.57 Å². The molecule has 3 nitrogen and oxygen atoms in total. The van der Waals surface area contributed by atoms with Crippen LogP contribution < -0.4 is 0 Å². The molecule has 10 aromatic rings. The highest BCUT2D eigenvalue weighted by molar-refractivity contribution is 6.10. The van der Waals surface area contributed by atoms with Gasteiger partial charge in [0.2, 0.25) is 0 Å². The van der Waals surface area contributed by atoms with Crippen LogP contribution in [-0.2, 0) is 5.41 Å². The van der Waals surface area contributed by atoms with Gasteiger partial charge in [0.25, 0.3) is 0 Å². The zero-order valence-corrected chi connectivity index (χ0v) is 31.2. The Bertz CT molecular complexity index is 3140. The van der Waals surface area contributed by atoms with Crippen molar-refractivity contribution in [3.63, 3.8) is 0 Å². The number of hydrogen-bond donors (Lipinski definition) is 0. The number of rotatable bonds is 5. The summed E-state index contributed by atoms with van der Waals surface area (Å²) >= 11 is 0. The van der Waals surface area contributed by atoms with Gasteiger partial charge in [-0.05, 0) is 86.6 Å². The highest BCUT2D eigenvalue weighted by Gasteiger charge is 2.37. The quantitative estimate of drug-likeness (QED) is 0.178. The average Bonchev–Trinajstić information content (AvgIpc) is 3.71. The number of benzene rings is 8. The first kappa shape index (κ1) is 32.3. The van der Waals surface area contributed by atoms with Gasteiger partial charge in [0.1, 0.15) is 0 Å². The zero-order chi connectivity index (χ0) is 37.4. The number of para-hydroxylation sites is 2. The molecule has 1 aliphatic carbocycles. The maximum atomic E-state index is 5.29. The zero-order valence-electron chi connectivity index (χ0n) is 31.2. The van der Waals surface area contributed by atoms with Crippen molar-refractivity contribution in [1.29, 1.82) is 0 Å². The fraction of sp³-hybridized carbons (Fsp3) is 0.0566. The molecule has 0 aliphatic heterocycles. The Kier molecular flexibility index (Phi) is 7.20. The van der Waals surface area contributed by atoms with Crippen molar-refractivity contribution in [1.82, 2.24) is 14.5 Å². The van der Waals surface area contributed by atoms with E-state index in [0.717, 1.165) is 45.2 Å². The van der Waals surface area contributed by atoms with E-state index in [1.807, 2.05) is 6.07 Å². The molecule has 56 heavy (non-hydrogen) atoms. The average molecular weight is 716 g/mol. The Morgan fingerprint density at radius 1 is 0.411 bits per heavy atom. The molecular formula is C53H37N3. The molecule has 0 saturated heterocycles. The summed E-state index contributed by atoms with van der Waals surface area (Å²) in [5.41, 5.74) is 16.0. The van der Waals surface area contributed by atoms with E-state index >= 15 is 0 Å². The van der Waals surface area contributed by atoms with E-state index in [9.17, 15) is 0 Å². The third-order valence-electron chi connectivity index (χ3n) is 11.8. The van der Waals surface area contributed by atoms with Gasteiger partial charge in [0.15, 0.2) is 5.82 Å². The molecule has 1 aliphatic rings. The molecule has 0 radical (unpaired) electrons. The number of nitrogens with zero attached hydrogens (tertiary/aromatic N) is 3. The molecule has 0 fully saturated rings. The molecule has 0 atom stereocenters. The smallest absolute Gasteiger partial charge is 0.160 e. The largest absolute Gasteiger partial charge is 0.309 e. The van der Waals surface area contributed by atoms with Gasteiger partial charge in [0.05, 0.1) is 22.4 Å². The molecule has 2 heterocycles. The Labute approximate surface area is 326 Å². The lowest BCUT2D eigenvalue weighted by molar-refractivity contribution is 0.661. The predicted molar refractivity (Wildman–Crippen MR) is 233 cm³/mol. The molecule has 0 saturated carbocycles. The number of hydrogen-bond acceptors (Lipinski definition) is 2. The fourth-order valence-corrected chi connectivity index (χ4v) is 8.97. The van der Waals surface area contributed by atoms with Gasteiger partial charge in [-0.3, -0.25) is 0 Å². The monoisotopic (exact) mass is 715 g/mol. The lowest BCUT2D eigenvalue weighted by atomic mass is 9.81. The van der Waals surface area contributed by atoms with Gasteiger partial charge in [-0.15, -0.1) is 0 Å². The highest BCUT2D eigenvalue weighted by atomic mass is 15.0. The third-order valence-corrected chi connectivity index (χ3v) is 11.8. The van der Waals surface area contributed by atoms with Gasteiger partial charge in [-0.2, -0.15) is 0 Å². The van der Waals surface area contributed by atoms with E-state index < -0.39 is 0 Å². The van der Waals surface area contributed by atoms with Crippen LogP contribution >= 0.6 is 0 Å². The SMILES string of the molecule is CC1(C)c2cc3ccccc3cc2-c2c(-c3cc(-c4ccc(-c5ccc6c7ccccc7n(-c7ccccc7)c6c5)cc4)nc(-c4ccccc4)n3)cccc21. The molecule has 2 aromatic heterocycles. The topological polar surface area (TPSA) is 30.7 Å². The summed E-state index contributed by atoms with van der Waals surface area (Å²) in [4.78, 5) is 10.5. The van der Waals surface area contributed by atoms with E-state index in [-0.39, 0.29) is 5.41 Å². The molecule has 11 rings (SSSR count). The van der Waals surface area contributed by atoms with Gasteiger partial charge in [-0.25, -0.2) is 9.97 Å². The van der Waals surface area contributed by atoms with E-state index in [2.05, 4.69) is 200 Å². The summed E-state index contributed by atoms with van der Waals surface area (Å²) in [6.45, 7) is 4.69. The second-order valence-corrected chi connectivity index (χ2v) is 15.4.